The van der Waals surface area contributed by atoms with E-state index in [9.17, 15) is 4.79 Å². The maximum atomic E-state index is 11.9. The summed E-state index contributed by atoms with van der Waals surface area (Å²) in [6, 6.07) is 10.3. The van der Waals surface area contributed by atoms with Crippen molar-refractivity contribution in [1.82, 2.24) is 5.32 Å². The molecule has 2 rings (SSSR count). The lowest BCUT2D eigenvalue weighted by molar-refractivity contribution is 0.250. The van der Waals surface area contributed by atoms with E-state index in [1.807, 2.05) is 6.07 Å². The van der Waals surface area contributed by atoms with E-state index in [0.717, 1.165) is 4.47 Å². The topological polar surface area (TPSA) is 68.8 Å². The van der Waals surface area contributed by atoms with Crippen LogP contribution in [0, 0.1) is 0 Å². The molecule has 0 aromatic heterocycles. The van der Waals surface area contributed by atoms with Gasteiger partial charge in [0.2, 0.25) is 0 Å². The number of ether oxygens (including phenoxy) is 3. The highest BCUT2D eigenvalue weighted by molar-refractivity contribution is 9.10. The fourth-order valence-electron chi connectivity index (χ4n) is 2.14. The molecule has 0 spiro atoms. The molecule has 0 heterocycles. The van der Waals surface area contributed by atoms with Crippen molar-refractivity contribution in [2.75, 3.05) is 32.7 Å². The Kier molecular flexibility index (Phi) is 7.87. The molecule has 0 aliphatic carbocycles. The van der Waals surface area contributed by atoms with Gasteiger partial charge in [-0.15, -0.1) is 0 Å². The van der Waals surface area contributed by atoms with Gasteiger partial charge in [-0.1, -0.05) is 27.5 Å². The molecule has 0 fully saturated rings. The maximum Gasteiger partial charge on any atom is 0.319 e. The average Bonchev–Trinajstić information content (AvgIpc) is 2.62. The van der Waals surface area contributed by atoms with Crippen LogP contribution in [-0.2, 0) is 0 Å². The van der Waals surface area contributed by atoms with Gasteiger partial charge in [-0.25, -0.2) is 4.79 Å². The Labute approximate surface area is 165 Å². The normalized spacial score (nSPS) is 10.2. The van der Waals surface area contributed by atoms with Gasteiger partial charge < -0.3 is 24.8 Å². The van der Waals surface area contributed by atoms with Crippen molar-refractivity contribution in [1.29, 1.82) is 0 Å². The first kappa shape index (κ1) is 20.2. The van der Waals surface area contributed by atoms with E-state index in [0.29, 0.717) is 47.5 Å². The summed E-state index contributed by atoms with van der Waals surface area (Å²) in [5, 5.41) is 6.04. The molecule has 26 heavy (non-hydrogen) atoms. The minimum absolute atomic E-state index is 0.307. The third-order valence-electron chi connectivity index (χ3n) is 3.40. The van der Waals surface area contributed by atoms with E-state index in [1.165, 1.54) is 0 Å². The lowest BCUT2D eigenvalue weighted by atomic mass is 10.3. The molecule has 0 saturated carbocycles. The van der Waals surface area contributed by atoms with Gasteiger partial charge in [-0.3, -0.25) is 0 Å². The Balaban J connectivity index is 1.72. The highest BCUT2D eigenvalue weighted by Crippen LogP contribution is 2.29. The molecule has 0 aliphatic rings. The lowest BCUT2D eigenvalue weighted by Gasteiger charge is -2.12. The number of carbonyl (C=O) groups is 1. The number of halogens is 2. The van der Waals surface area contributed by atoms with Crippen molar-refractivity contribution in [2.24, 2.45) is 0 Å². The van der Waals surface area contributed by atoms with Crippen LogP contribution < -0.4 is 24.8 Å². The zero-order valence-electron chi connectivity index (χ0n) is 14.5. The molecule has 0 bridgehead atoms. The number of benzene rings is 2. The van der Waals surface area contributed by atoms with Crippen molar-refractivity contribution in [3.05, 3.63) is 45.9 Å². The molecule has 8 heteroatoms. The Morgan fingerprint density at radius 3 is 2.50 bits per heavy atom. The number of rotatable bonds is 8. The van der Waals surface area contributed by atoms with Crippen LogP contribution in [0.5, 0.6) is 17.2 Å². The van der Waals surface area contributed by atoms with Crippen LogP contribution >= 0.6 is 27.5 Å². The first-order valence-electron chi connectivity index (χ1n) is 7.88. The molecule has 140 valence electrons. The molecule has 0 atom stereocenters. The quantitative estimate of drug-likeness (QED) is 0.580. The molecule has 2 N–H and O–H groups in total. The number of methoxy groups -OCH3 is 2. The molecular weight excluding hydrogens is 424 g/mol. The second kappa shape index (κ2) is 10.1. The SMILES string of the molecule is COc1ccc(NC(=O)NCCCOc2ccc(Br)cc2Cl)cc1OC. The van der Waals surface area contributed by atoms with Crippen LogP contribution in [-0.4, -0.2) is 33.4 Å². The summed E-state index contributed by atoms with van der Waals surface area (Å²) in [6.45, 7) is 0.908. The minimum atomic E-state index is -0.307. The fourth-order valence-corrected chi connectivity index (χ4v) is 2.87. The van der Waals surface area contributed by atoms with Gasteiger partial charge in [0.15, 0.2) is 11.5 Å². The number of nitrogens with one attached hydrogen (secondary N) is 2. The van der Waals surface area contributed by atoms with Gasteiger partial charge in [0, 0.05) is 22.8 Å². The number of anilines is 1. The average molecular weight is 444 g/mol. The van der Waals surface area contributed by atoms with Crippen molar-refractivity contribution >= 4 is 39.2 Å². The van der Waals surface area contributed by atoms with Crippen LogP contribution in [0.4, 0.5) is 10.5 Å². The monoisotopic (exact) mass is 442 g/mol. The summed E-state index contributed by atoms with van der Waals surface area (Å²) in [7, 11) is 3.10. The molecule has 0 aliphatic heterocycles. The highest BCUT2D eigenvalue weighted by atomic mass is 79.9. The van der Waals surface area contributed by atoms with Crippen LogP contribution in [0.1, 0.15) is 6.42 Å². The zero-order chi connectivity index (χ0) is 18.9. The summed E-state index contributed by atoms with van der Waals surface area (Å²) in [5.74, 6) is 1.76. The van der Waals surface area contributed by atoms with Crippen LogP contribution in [0.2, 0.25) is 5.02 Å². The van der Waals surface area contributed by atoms with Gasteiger partial charge in [0.25, 0.3) is 0 Å². The van der Waals surface area contributed by atoms with E-state index < -0.39 is 0 Å². The third kappa shape index (κ3) is 6.00. The summed E-state index contributed by atoms with van der Waals surface area (Å²) in [5.41, 5.74) is 0.609. The van der Waals surface area contributed by atoms with Crippen LogP contribution in [0.15, 0.2) is 40.9 Å². The second-order valence-corrected chi connectivity index (χ2v) is 6.55. The molecule has 2 aromatic carbocycles. The van der Waals surface area contributed by atoms with Crippen molar-refractivity contribution < 1.29 is 19.0 Å². The Morgan fingerprint density at radius 2 is 1.81 bits per heavy atom. The zero-order valence-corrected chi connectivity index (χ0v) is 16.8. The molecule has 2 amide bonds. The van der Waals surface area contributed by atoms with Gasteiger partial charge in [0.05, 0.1) is 25.8 Å². The van der Waals surface area contributed by atoms with E-state index >= 15 is 0 Å². The molecule has 6 nitrogen and oxygen atoms in total. The molecule has 2 aromatic rings. The number of hydrogen-bond acceptors (Lipinski definition) is 4. The van der Waals surface area contributed by atoms with Gasteiger partial charge >= 0.3 is 6.03 Å². The van der Waals surface area contributed by atoms with Crippen LogP contribution in [0.3, 0.4) is 0 Å². The van der Waals surface area contributed by atoms with E-state index in [2.05, 4.69) is 26.6 Å². The summed E-state index contributed by atoms with van der Waals surface area (Å²) in [4.78, 5) is 11.9. The first-order chi connectivity index (χ1) is 12.5. The van der Waals surface area contributed by atoms with E-state index in [-0.39, 0.29) is 6.03 Å². The largest absolute Gasteiger partial charge is 0.493 e. The van der Waals surface area contributed by atoms with Gasteiger partial charge in [-0.05, 0) is 36.8 Å². The van der Waals surface area contributed by atoms with Gasteiger partial charge in [-0.2, -0.15) is 0 Å². The molecule has 0 saturated heterocycles. The van der Waals surface area contributed by atoms with Crippen LogP contribution in [0.25, 0.3) is 0 Å². The Hall–Kier alpha value is -2.12. The smallest absolute Gasteiger partial charge is 0.319 e. The van der Waals surface area contributed by atoms with Crippen molar-refractivity contribution in [3.63, 3.8) is 0 Å². The molecule has 0 unspecified atom stereocenters. The number of hydrogen-bond donors (Lipinski definition) is 2. The first-order valence-corrected chi connectivity index (χ1v) is 9.05. The fraction of sp³-hybridized carbons (Fsp3) is 0.278. The molecule has 0 radical (unpaired) electrons. The molecular formula is C18H20BrClN2O4. The van der Waals surface area contributed by atoms with Crippen molar-refractivity contribution in [2.45, 2.75) is 6.42 Å². The second-order valence-electron chi connectivity index (χ2n) is 5.23. The highest BCUT2D eigenvalue weighted by Gasteiger charge is 2.07. The number of urea groups is 1. The maximum absolute atomic E-state index is 11.9. The Bertz CT molecular complexity index is 758. The van der Waals surface area contributed by atoms with Crippen molar-refractivity contribution in [3.8, 4) is 17.2 Å². The van der Waals surface area contributed by atoms with E-state index in [4.69, 9.17) is 25.8 Å². The Morgan fingerprint density at radius 1 is 1.08 bits per heavy atom. The minimum Gasteiger partial charge on any atom is -0.493 e. The number of amides is 2. The summed E-state index contributed by atoms with van der Waals surface area (Å²) in [6.07, 6.45) is 0.645. The standard InChI is InChI=1S/C18H20BrClN2O4/c1-24-16-7-5-13(11-17(16)25-2)22-18(23)21-8-3-9-26-15-6-4-12(19)10-14(15)20/h4-7,10-11H,3,8-9H2,1-2H3,(H2,21,22,23). The van der Waals surface area contributed by atoms with Gasteiger partial charge in [0.1, 0.15) is 5.75 Å². The number of carbonyl (C=O) groups excluding carboxylic acids is 1. The third-order valence-corrected chi connectivity index (χ3v) is 4.19. The summed E-state index contributed by atoms with van der Waals surface area (Å²) >= 11 is 9.42. The summed E-state index contributed by atoms with van der Waals surface area (Å²) < 4.78 is 16.8. The predicted molar refractivity (Wildman–Crippen MR) is 106 cm³/mol. The lowest BCUT2D eigenvalue weighted by Crippen LogP contribution is -2.30. The predicted octanol–water partition coefficient (Wildman–Crippen LogP) is 4.71. The van der Waals surface area contributed by atoms with E-state index in [1.54, 1.807) is 44.6 Å².